The molecule has 4 nitrogen and oxygen atoms in total. The number of fused-ring (bicyclic) bond motifs is 1. The lowest BCUT2D eigenvalue weighted by Gasteiger charge is -2.12. The third-order valence-corrected chi connectivity index (χ3v) is 5.58. The number of rotatable bonds is 3. The second-order valence-corrected chi connectivity index (χ2v) is 7.24. The van der Waals surface area contributed by atoms with Gasteiger partial charge in [-0.2, -0.15) is 13.2 Å². The summed E-state index contributed by atoms with van der Waals surface area (Å²) < 4.78 is 39.4. The number of hydrogen-bond acceptors (Lipinski definition) is 3. The Balaban J connectivity index is 1.98. The van der Waals surface area contributed by atoms with E-state index in [1.165, 1.54) is 23.5 Å². The van der Waals surface area contributed by atoms with E-state index in [9.17, 15) is 22.8 Å². The predicted molar refractivity (Wildman–Crippen MR) is 93.5 cm³/mol. The van der Waals surface area contributed by atoms with Gasteiger partial charge in [0.05, 0.1) is 16.7 Å². The first-order valence-corrected chi connectivity index (χ1v) is 9.02. The van der Waals surface area contributed by atoms with Crippen molar-refractivity contribution >= 4 is 28.2 Å². The van der Waals surface area contributed by atoms with Crippen molar-refractivity contribution in [3.63, 3.8) is 0 Å². The first-order valence-electron chi connectivity index (χ1n) is 8.21. The van der Waals surface area contributed by atoms with E-state index in [2.05, 4.69) is 5.32 Å². The number of primary amides is 1. The number of hydrogen-bond donors (Lipinski definition) is 2. The molecule has 138 valence electrons. The molecule has 0 radical (unpaired) electrons. The van der Waals surface area contributed by atoms with Crippen LogP contribution < -0.4 is 11.1 Å². The van der Waals surface area contributed by atoms with Crippen LogP contribution in [-0.4, -0.2) is 11.8 Å². The average molecular weight is 382 g/mol. The number of carbonyl (C=O) groups is 2. The van der Waals surface area contributed by atoms with Crippen LogP contribution in [0.1, 0.15) is 56.0 Å². The summed E-state index contributed by atoms with van der Waals surface area (Å²) >= 11 is 1.23. The van der Waals surface area contributed by atoms with Gasteiger partial charge < -0.3 is 11.1 Å². The maximum Gasteiger partial charge on any atom is 0.417 e. The van der Waals surface area contributed by atoms with Gasteiger partial charge in [-0.15, -0.1) is 11.3 Å². The van der Waals surface area contributed by atoms with Crippen molar-refractivity contribution in [2.75, 3.05) is 5.32 Å². The van der Waals surface area contributed by atoms with Gasteiger partial charge in [-0.1, -0.05) is 18.6 Å². The number of halogens is 3. The summed E-state index contributed by atoms with van der Waals surface area (Å²) in [6, 6.07) is 4.55. The Labute approximate surface area is 152 Å². The van der Waals surface area contributed by atoms with Crippen LogP contribution in [0.15, 0.2) is 24.3 Å². The fourth-order valence-corrected chi connectivity index (χ4v) is 4.48. The van der Waals surface area contributed by atoms with E-state index in [0.717, 1.165) is 48.3 Å². The van der Waals surface area contributed by atoms with E-state index >= 15 is 0 Å². The molecule has 3 N–H and O–H groups in total. The number of benzene rings is 1. The van der Waals surface area contributed by atoms with Gasteiger partial charge in [0.15, 0.2) is 0 Å². The van der Waals surface area contributed by atoms with Gasteiger partial charge in [0.2, 0.25) is 0 Å². The highest BCUT2D eigenvalue weighted by atomic mass is 32.1. The number of nitrogens with one attached hydrogen (secondary N) is 1. The van der Waals surface area contributed by atoms with Crippen LogP contribution in [0.25, 0.3) is 0 Å². The third kappa shape index (κ3) is 3.60. The summed E-state index contributed by atoms with van der Waals surface area (Å²) in [5.41, 5.74) is 5.03. The highest BCUT2D eigenvalue weighted by Crippen LogP contribution is 2.38. The van der Waals surface area contributed by atoms with Gasteiger partial charge in [0, 0.05) is 4.88 Å². The quantitative estimate of drug-likeness (QED) is 0.773. The molecule has 1 aliphatic carbocycles. The minimum Gasteiger partial charge on any atom is -0.365 e. The van der Waals surface area contributed by atoms with Crippen LogP contribution in [0, 0.1) is 0 Å². The van der Waals surface area contributed by atoms with Gasteiger partial charge in [-0.05, 0) is 43.4 Å². The average Bonchev–Trinajstić information content (AvgIpc) is 2.75. The lowest BCUT2D eigenvalue weighted by atomic mass is 10.0. The van der Waals surface area contributed by atoms with Crippen LogP contribution in [-0.2, 0) is 19.0 Å². The summed E-state index contributed by atoms with van der Waals surface area (Å²) in [6.07, 6.45) is -0.272. The van der Waals surface area contributed by atoms with Gasteiger partial charge in [0.1, 0.15) is 5.00 Å². The molecule has 3 rings (SSSR count). The lowest BCUT2D eigenvalue weighted by molar-refractivity contribution is -0.137. The van der Waals surface area contributed by atoms with E-state index in [4.69, 9.17) is 5.73 Å². The lowest BCUT2D eigenvalue weighted by Crippen LogP contribution is -2.20. The fraction of sp³-hybridized carbons (Fsp3) is 0.333. The number of anilines is 1. The number of thiophene rings is 1. The number of aryl methyl sites for hydroxylation is 1. The minimum absolute atomic E-state index is 0.227. The van der Waals surface area contributed by atoms with Crippen molar-refractivity contribution in [2.45, 2.75) is 38.3 Å². The fourth-order valence-electron chi connectivity index (χ4n) is 3.19. The van der Waals surface area contributed by atoms with Crippen LogP contribution in [0.5, 0.6) is 0 Å². The Bertz CT molecular complexity index is 859. The van der Waals surface area contributed by atoms with Crippen LogP contribution in [0.2, 0.25) is 0 Å². The minimum atomic E-state index is -4.65. The van der Waals surface area contributed by atoms with Crippen molar-refractivity contribution in [1.82, 2.24) is 0 Å². The highest BCUT2D eigenvalue weighted by molar-refractivity contribution is 7.17. The predicted octanol–water partition coefficient (Wildman–Crippen LogP) is 4.39. The molecule has 0 unspecified atom stereocenters. The zero-order valence-electron chi connectivity index (χ0n) is 13.8. The van der Waals surface area contributed by atoms with Crippen molar-refractivity contribution in [2.24, 2.45) is 5.73 Å². The molecule has 1 heterocycles. The molecule has 8 heteroatoms. The molecule has 0 saturated carbocycles. The smallest absolute Gasteiger partial charge is 0.365 e. The first-order chi connectivity index (χ1) is 12.3. The van der Waals surface area contributed by atoms with Crippen molar-refractivity contribution in [3.8, 4) is 0 Å². The van der Waals surface area contributed by atoms with Crippen molar-refractivity contribution in [3.05, 3.63) is 51.4 Å². The SMILES string of the molecule is NC(=O)c1c(NC(=O)c2ccccc2C(F)(F)F)sc2c1CCCCC2. The monoisotopic (exact) mass is 382 g/mol. The van der Waals surface area contributed by atoms with E-state index in [1.54, 1.807) is 0 Å². The zero-order valence-corrected chi connectivity index (χ0v) is 14.6. The Morgan fingerprint density at radius 3 is 2.46 bits per heavy atom. The van der Waals surface area contributed by atoms with Gasteiger partial charge in [-0.25, -0.2) is 0 Å². The summed E-state index contributed by atoms with van der Waals surface area (Å²) in [6.45, 7) is 0. The molecular weight excluding hydrogens is 365 g/mol. The van der Waals surface area contributed by atoms with Gasteiger partial charge >= 0.3 is 6.18 Å². The van der Waals surface area contributed by atoms with E-state index in [1.807, 2.05) is 0 Å². The highest BCUT2D eigenvalue weighted by Gasteiger charge is 2.35. The Morgan fingerprint density at radius 2 is 1.77 bits per heavy atom. The molecule has 0 bridgehead atoms. The van der Waals surface area contributed by atoms with Crippen LogP contribution in [0.4, 0.5) is 18.2 Å². The molecular formula is C18H17F3N2O2S. The largest absolute Gasteiger partial charge is 0.417 e. The molecule has 26 heavy (non-hydrogen) atoms. The maximum atomic E-state index is 13.1. The van der Waals surface area contributed by atoms with Crippen molar-refractivity contribution < 1.29 is 22.8 Å². The topological polar surface area (TPSA) is 72.2 Å². The molecule has 0 aliphatic heterocycles. The van der Waals surface area contributed by atoms with Gasteiger partial charge in [0.25, 0.3) is 11.8 Å². The number of amides is 2. The van der Waals surface area contributed by atoms with E-state index in [-0.39, 0.29) is 10.6 Å². The molecule has 2 amide bonds. The summed E-state index contributed by atoms with van der Waals surface area (Å²) in [5.74, 6) is -1.58. The number of carbonyl (C=O) groups excluding carboxylic acids is 2. The Hall–Kier alpha value is -2.35. The van der Waals surface area contributed by atoms with Crippen molar-refractivity contribution in [1.29, 1.82) is 0 Å². The molecule has 0 atom stereocenters. The molecule has 2 aromatic rings. The molecule has 0 spiro atoms. The summed E-state index contributed by atoms with van der Waals surface area (Å²) in [4.78, 5) is 25.4. The van der Waals surface area contributed by atoms with E-state index < -0.39 is 29.1 Å². The third-order valence-electron chi connectivity index (χ3n) is 4.37. The van der Waals surface area contributed by atoms with Gasteiger partial charge in [-0.3, -0.25) is 9.59 Å². The van der Waals surface area contributed by atoms with Crippen LogP contribution in [0.3, 0.4) is 0 Å². The normalized spacial score (nSPS) is 14.4. The zero-order chi connectivity index (χ0) is 18.9. The van der Waals surface area contributed by atoms with Crippen LogP contribution >= 0.6 is 11.3 Å². The number of alkyl halides is 3. The summed E-state index contributed by atoms with van der Waals surface area (Å²) in [7, 11) is 0. The summed E-state index contributed by atoms with van der Waals surface area (Å²) in [5, 5.41) is 2.71. The Morgan fingerprint density at radius 1 is 1.08 bits per heavy atom. The molecule has 1 aliphatic rings. The maximum absolute atomic E-state index is 13.1. The number of nitrogens with two attached hydrogens (primary N) is 1. The molecule has 0 fully saturated rings. The molecule has 0 saturated heterocycles. The van der Waals surface area contributed by atoms with E-state index in [0.29, 0.717) is 6.42 Å². The molecule has 1 aromatic carbocycles. The first kappa shape index (κ1) is 18.4. The second kappa shape index (κ2) is 7.11. The standard InChI is InChI=1S/C18H17F3N2O2S/c19-18(20,21)12-8-5-4-6-10(12)16(25)23-17-14(15(22)24)11-7-2-1-3-9-13(11)26-17/h4-6,8H,1-3,7,9H2,(H2,22,24)(H,23,25). The Kier molecular flexibility index (Phi) is 5.04. The second-order valence-electron chi connectivity index (χ2n) is 6.13. The molecule has 1 aromatic heterocycles.